The molecule has 0 bridgehead atoms. The molecule has 14 heavy (non-hydrogen) atoms. The lowest BCUT2D eigenvalue weighted by atomic mass is 10.1. The Morgan fingerprint density at radius 1 is 1.29 bits per heavy atom. The van der Waals surface area contributed by atoms with Gasteiger partial charge in [-0.15, -0.1) is 0 Å². The molecule has 3 heteroatoms. The Balaban J connectivity index is 2.89. The minimum Gasteiger partial charge on any atom is -0.308 e. The molecular weight excluding hydrogens is 174 g/mol. The summed E-state index contributed by atoms with van der Waals surface area (Å²) in [4.78, 5) is 4.25. The molecule has 0 unspecified atom stereocenters. The topological polar surface area (TPSA) is 50.4 Å². The van der Waals surface area contributed by atoms with Gasteiger partial charge < -0.3 is 5.43 Å². The molecule has 3 nitrogen and oxygen atoms in total. The van der Waals surface area contributed by atoms with E-state index in [0.717, 1.165) is 24.4 Å². The van der Waals surface area contributed by atoms with E-state index < -0.39 is 0 Å². The van der Waals surface area contributed by atoms with Crippen molar-refractivity contribution in [2.75, 3.05) is 6.54 Å². The third kappa shape index (κ3) is 2.57. The van der Waals surface area contributed by atoms with Gasteiger partial charge >= 0.3 is 0 Å². The molecule has 0 aliphatic heterocycles. The van der Waals surface area contributed by atoms with Crippen LogP contribution in [0.5, 0.6) is 0 Å². The van der Waals surface area contributed by atoms with Crippen molar-refractivity contribution in [2.45, 2.75) is 20.3 Å². The second kappa shape index (κ2) is 5.40. The average molecular weight is 191 g/mol. The molecular formula is C11H17N3. The van der Waals surface area contributed by atoms with Crippen LogP contribution in [0.25, 0.3) is 0 Å². The zero-order valence-electron chi connectivity index (χ0n) is 8.75. The summed E-state index contributed by atoms with van der Waals surface area (Å²) in [5, 5.41) is 0. The number of rotatable bonds is 3. The first kappa shape index (κ1) is 10.7. The van der Waals surface area contributed by atoms with Crippen molar-refractivity contribution in [1.29, 1.82) is 0 Å². The van der Waals surface area contributed by atoms with Crippen LogP contribution in [0.1, 0.15) is 25.0 Å². The van der Waals surface area contributed by atoms with Crippen LogP contribution in [-0.4, -0.2) is 12.4 Å². The Morgan fingerprint density at radius 2 is 1.93 bits per heavy atom. The van der Waals surface area contributed by atoms with Gasteiger partial charge in [0.15, 0.2) is 0 Å². The van der Waals surface area contributed by atoms with E-state index >= 15 is 0 Å². The molecule has 3 N–H and O–H groups in total. The standard InChI is InChI=1S/C11H17N3/c1-3-9-5-7-10(8-6-9)11(14-12)13-4-2/h5-8H,3-4,12H2,1-2H3,(H,13,14). The Hall–Kier alpha value is -1.35. The van der Waals surface area contributed by atoms with E-state index in [-0.39, 0.29) is 0 Å². The molecule has 1 aromatic rings. The van der Waals surface area contributed by atoms with Crippen LogP contribution in [0.4, 0.5) is 0 Å². The van der Waals surface area contributed by atoms with Crippen LogP contribution < -0.4 is 11.3 Å². The van der Waals surface area contributed by atoms with Gasteiger partial charge in [0, 0.05) is 12.1 Å². The summed E-state index contributed by atoms with van der Waals surface area (Å²) in [6.45, 7) is 4.85. The van der Waals surface area contributed by atoms with Crippen molar-refractivity contribution in [3.05, 3.63) is 35.4 Å². The van der Waals surface area contributed by atoms with Crippen LogP contribution in [0.3, 0.4) is 0 Å². The number of aliphatic imine (C=N–C) groups is 1. The van der Waals surface area contributed by atoms with Gasteiger partial charge in [-0.3, -0.25) is 4.99 Å². The van der Waals surface area contributed by atoms with E-state index in [2.05, 4.69) is 29.5 Å². The second-order valence-corrected chi connectivity index (χ2v) is 3.02. The van der Waals surface area contributed by atoms with Crippen molar-refractivity contribution in [2.24, 2.45) is 10.8 Å². The van der Waals surface area contributed by atoms with Crippen molar-refractivity contribution in [3.8, 4) is 0 Å². The molecule has 0 heterocycles. The van der Waals surface area contributed by atoms with E-state index in [0.29, 0.717) is 0 Å². The Labute approximate surface area is 85.0 Å². The Kier molecular flexibility index (Phi) is 4.13. The number of nitrogens with two attached hydrogens (primary N) is 1. The summed E-state index contributed by atoms with van der Waals surface area (Å²) in [5.74, 6) is 6.13. The normalized spacial score (nSPS) is 11.5. The van der Waals surface area contributed by atoms with Crippen molar-refractivity contribution in [3.63, 3.8) is 0 Å². The zero-order valence-corrected chi connectivity index (χ0v) is 8.75. The maximum Gasteiger partial charge on any atom is 0.142 e. The molecule has 0 radical (unpaired) electrons. The summed E-state index contributed by atoms with van der Waals surface area (Å²) in [7, 11) is 0. The van der Waals surface area contributed by atoms with E-state index in [1.165, 1.54) is 5.56 Å². The molecule has 0 fully saturated rings. The van der Waals surface area contributed by atoms with Gasteiger partial charge in [-0.05, 0) is 18.9 Å². The van der Waals surface area contributed by atoms with Gasteiger partial charge in [-0.1, -0.05) is 31.2 Å². The largest absolute Gasteiger partial charge is 0.308 e. The van der Waals surface area contributed by atoms with Crippen LogP contribution in [0, 0.1) is 0 Å². The highest BCUT2D eigenvalue weighted by Gasteiger charge is 1.99. The third-order valence-corrected chi connectivity index (χ3v) is 2.09. The van der Waals surface area contributed by atoms with Crippen molar-refractivity contribution >= 4 is 5.84 Å². The molecule has 0 saturated heterocycles. The summed E-state index contributed by atoms with van der Waals surface area (Å²) in [6, 6.07) is 8.26. The first-order valence-corrected chi connectivity index (χ1v) is 4.92. The molecule has 76 valence electrons. The van der Waals surface area contributed by atoms with Gasteiger partial charge in [0.2, 0.25) is 0 Å². The van der Waals surface area contributed by atoms with Gasteiger partial charge in [0.05, 0.1) is 0 Å². The molecule has 0 atom stereocenters. The number of nitrogens with one attached hydrogen (secondary N) is 1. The van der Waals surface area contributed by atoms with Crippen LogP contribution in [0.2, 0.25) is 0 Å². The average Bonchev–Trinajstić information content (AvgIpc) is 2.26. The molecule has 1 rings (SSSR count). The maximum absolute atomic E-state index is 5.38. The lowest BCUT2D eigenvalue weighted by Crippen LogP contribution is -2.31. The quantitative estimate of drug-likeness (QED) is 0.329. The Bertz CT molecular complexity index is 301. The number of hydrogen-bond donors (Lipinski definition) is 2. The first-order chi connectivity index (χ1) is 6.81. The lowest BCUT2D eigenvalue weighted by Gasteiger charge is -2.05. The van der Waals surface area contributed by atoms with Crippen molar-refractivity contribution < 1.29 is 0 Å². The Morgan fingerprint density at radius 3 is 2.36 bits per heavy atom. The zero-order chi connectivity index (χ0) is 10.4. The summed E-state index contributed by atoms with van der Waals surface area (Å²) in [5.41, 5.74) is 4.96. The van der Waals surface area contributed by atoms with Gasteiger partial charge in [0.1, 0.15) is 5.84 Å². The molecule has 0 amide bonds. The molecule has 0 aromatic heterocycles. The van der Waals surface area contributed by atoms with Crippen LogP contribution in [-0.2, 0) is 6.42 Å². The lowest BCUT2D eigenvalue weighted by molar-refractivity contribution is 0.991. The summed E-state index contributed by atoms with van der Waals surface area (Å²) >= 11 is 0. The number of nitrogens with zero attached hydrogens (tertiary/aromatic N) is 1. The van der Waals surface area contributed by atoms with E-state index in [9.17, 15) is 0 Å². The van der Waals surface area contributed by atoms with E-state index in [1.807, 2.05) is 19.1 Å². The number of benzene rings is 1. The fourth-order valence-electron chi connectivity index (χ4n) is 1.28. The summed E-state index contributed by atoms with van der Waals surface area (Å²) < 4.78 is 0. The van der Waals surface area contributed by atoms with Crippen LogP contribution >= 0.6 is 0 Å². The molecule has 0 saturated carbocycles. The predicted octanol–water partition coefficient (Wildman–Crippen LogP) is 1.48. The number of amidine groups is 1. The molecule has 1 aromatic carbocycles. The minimum atomic E-state index is 0.731. The fraction of sp³-hybridized carbons (Fsp3) is 0.364. The molecule has 0 aliphatic carbocycles. The summed E-state index contributed by atoms with van der Waals surface area (Å²) in [6.07, 6.45) is 1.05. The van der Waals surface area contributed by atoms with E-state index in [4.69, 9.17) is 5.84 Å². The van der Waals surface area contributed by atoms with Crippen molar-refractivity contribution in [1.82, 2.24) is 5.43 Å². The van der Waals surface area contributed by atoms with Crippen LogP contribution in [0.15, 0.2) is 29.3 Å². The van der Waals surface area contributed by atoms with Gasteiger partial charge in [0.25, 0.3) is 0 Å². The highest BCUT2D eigenvalue weighted by molar-refractivity contribution is 5.98. The van der Waals surface area contributed by atoms with Gasteiger partial charge in [-0.2, -0.15) is 0 Å². The molecule has 0 spiro atoms. The van der Waals surface area contributed by atoms with Gasteiger partial charge in [-0.25, -0.2) is 5.84 Å². The number of hydrogen-bond acceptors (Lipinski definition) is 2. The molecule has 0 aliphatic rings. The second-order valence-electron chi connectivity index (χ2n) is 3.02. The minimum absolute atomic E-state index is 0.731. The smallest absolute Gasteiger partial charge is 0.142 e. The first-order valence-electron chi connectivity index (χ1n) is 4.92. The fourth-order valence-corrected chi connectivity index (χ4v) is 1.28. The maximum atomic E-state index is 5.38. The van der Waals surface area contributed by atoms with E-state index in [1.54, 1.807) is 0 Å². The highest BCUT2D eigenvalue weighted by Crippen LogP contribution is 2.05. The number of aryl methyl sites for hydroxylation is 1. The predicted molar refractivity (Wildman–Crippen MR) is 60.2 cm³/mol. The SMILES string of the molecule is CCN=C(NN)c1ccc(CC)cc1. The number of hydrazine groups is 1. The monoisotopic (exact) mass is 191 g/mol. The third-order valence-electron chi connectivity index (χ3n) is 2.09. The highest BCUT2D eigenvalue weighted by atomic mass is 15.2.